The largest absolute Gasteiger partial charge is 0.467 e. The molecule has 2 rings (SSSR count). The number of hydrogen-bond acceptors (Lipinski definition) is 5. The third kappa shape index (κ3) is 3.41. The van der Waals surface area contributed by atoms with Gasteiger partial charge in [0, 0.05) is 6.42 Å². The van der Waals surface area contributed by atoms with Gasteiger partial charge < -0.3 is 10.1 Å². The molecule has 7 nitrogen and oxygen atoms in total. The van der Waals surface area contributed by atoms with Gasteiger partial charge in [-0.2, -0.15) is 5.10 Å². The smallest absolute Gasteiger partial charge is 0.328 e. The number of nitrogens with one attached hydrogen (secondary N) is 2. The number of carbonyl (C=O) groups excluding carboxylic acids is 2. The zero-order chi connectivity index (χ0) is 14.4. The zero-order valence-corrected chi connectivity index (χ0v) is 10.9. The second kappa shape index (κ2) is 6.46. The van der Waals surface area contributed by atoms with Crippen LogP contribution in [0, 0.1) is 0 Å². The summed E-state index contributed by atoms with van der Waals surface area (Å²) in [6, 6.07) is 8.57. The van der Waals surface area contributed by atoms with Crippen molar-refractivity contribution in [2.45, 2.75) is 12.5 Å². The van der Waals surface area contributed by atoms with E-state index < -0.39 is 17.9 Å². The number of nitrogens with zero attached hydrogens (tertiary/aromatic N) is 2. The number of ether oxygens (including phenoxy) is 1. The van der Waals surface area contributed by atoms with Crippen LogP contribution in [0.25, 0.3) is 0 Å². The second-order valence-corrected chi connectivity index (χ2v) is 4.07. The first-order valence-corrected chi connectivity index (χ1v) is 5.98. The average Bonchev–Trinajstić information content (AvgIpc) is 3.01. The molecule has 0 aliphatic carbocycles. The van der Waals surface area contributed by atoms with Crippen LogP contribution in [0.4, 0.5) is 0 Å². The molecule has 1 amide bonds. The molecule has 0 radical (unpaired) electrons. The molecule has 0 aliphatic rings. The van der Waals surface area contributed by atoms with Gasteiger partial charge in [-0.15, -0.1) is 0 Å². The minimum atomic E-state index is -0.778. The highest BCUT2D eigenvalue weighted by Gasteiger charge is 2.23. The molecule has 0 saturated heterocycles. The third-order valence-corrected chi connectivity index (χ3v) is 2.70. The number of rotatable bonds is 5. The van der Waals surface area contributed by atoms with Gasteiger partial charge in [0.2, 0.25) is 5.82 Å². The molecule has 20 heavy (non-hydrogen) atoms. The van der Waals surface area contributed by atoms with E-state index in [1.165, 1.54) is 13.4 Å². The summed E-state index contributed by atoms with van der Waals surface area (Å²) in [7, 11) is 1.28. The van der Waals surface area contributed by atoms with E-state index in [4.69, 9.17) is 4.74 Å². The van der Waals surface area contributed by atoms with Crippen molar-refractivity contribution < 1.29 is 14.3 Å². The van der Waals surface area contributed by atoms with Gasteiger partial charge in [0.25, 0.3) is 5.91 Å². The molecule has 0 fully saturated rings. The molecular formula is C13H14N4O3. The minimum Gasteiger partial charge on any atom is -0.467 e. The van der Waals surface area contributed by atoms with Crippen molar-refractivity contribution >= 4 is 11.9 Å². The molecule has 1 aromatic heterocycles. The fourth-order valence-corrected chi connectivity index (χ4v) is 1.73. The first kappa shape index (κ1) is 13.7. The molecule has 104 valence electrons. The molecule has 0 aliphatic heterocycles. The van der Waals surface area contributed by atoms with Crippen LogP contribution in [0.1, 0.15) is 16.2 Å². The van der Waals surface area contributed by atoms with Crippen molar-refractivity contribution in [2.24, 2.45) is 0 Å². The van der Waals surface area contributed by atoms with Crippen molar-refractivity contribution in [2.75, 3.05) is 7.11 Å². The number of hydrogen-bond donors (Lipinski definition) is 2. The summed E-state index contributed by atoms with van der Waals surface area (Å²) in [5.74, 6) is -0.970. The summed E-state index contributed by atoms with van der Waals surface area (Å²) >= 11 is 0. The van der Waals surface area contributed by atoms with Crippen LogP contribution >= 0.6 is 0 Å². The second-order valence-electron chi connectivity index (χ2n) is 4.07. The maximum Gasteiger partial charge on any atom is 0.328 e. The van der Waals surface area contributed by atoms with Crippen molar-refractivity contribution in [1.82, 2.24) is 20.5 Å². The molecule has 1 unspecified atom stereocenters. The van der Waals surface area contributed by atoms with Gasteiger partial charge in [-0.3, -0.25) is 9.89 Å². The molecule has 2 N–H and O–H groups in total. The lowest BCUT2D eigenvalue weighted by Gasteiger charge is -2.15. The fraction of sp³-hybridized carbons (Fsp3) is 0.231. The van der Waals surface area contributed by atoms with Crippen molar-refractivity contribution in [3.63, 3.8) is 0 Å². The van der Waals surface area contributed by atoms with E-state index in [-0.39, 0.29) is 5.82 Å². The number of H-pyrrole nitrogens is 1. The number of aromatic nitrogens is 3. The Kier molecular flexibility index (Phi) is 4.43. The zero-order valence-electron chi connectivity index (χ0n) is 10.9. The molecule has 0 bridgehead atoms. The van der Waals surface area contributed by atoms with Crippen molar-refractivity contribution in [1.29, 1.82) is 0 Å². The van der Waals surface area contributed by atoms with Gasteiger partial charge in [-0.05, 0) is 5.56 Å². The molecule has 7 heteroatoms. The number of aromatic amines is 1. The Morgan fingerprint density at radius 2 is 2.10 bits per heavy atom. The average molecular weight is 274 g/mol. The highest BCUT2D eigenvalue weighted by atomic mass is 16.5. The Labute approximate surface area is 115 Å². The monoisotopic (exact) mass is 274 g/mol. The van der Waals surface area contributed by atoms with E-state index in [0.29, 0.717) is 6.42 Å². The fourth-order valence-electron chi connectivity index (χ4n) is 1.73. The Bertz CT molecular complexity index is 569. The van der Waals surface area contributed by atoms with E-state index in [1.54, 1.807) is 0 Å². The molecule has 0 spiro atoms. The Hall–Kier alpha value is -2.70. The normalized spacial score (nSPS) is 11.7. The summed E-state index contributed by atoms with van der Waals surface area (Å²) in [4.78, 5) is 27.3. The Morgan fingerprint density at radius 3 is 2.70 bits per heavy atom. The van der Waals surface area contributed by atoms with Crippen LogP contribution in [-0.4, -0.2) is 40.2 Å². The van der Waals surface area contributed by atoms with E-state index in [9.17, 15) is 9.59 Å². The summed E-state index contributed by atoms with van der Waals surface area (Å²) in [5.41, 5.74) is 0.917. The van der Waals surface area contributed by atoms with Gasteiger partial charge >= 0.3 is 5.97 Å². The van der Waals surface area contributed by atoms with Gasteiger partial charge in [-0.1, -0.05) is 30.3 Å². The first-order valence-electron chi connectivity index (χ1n) is 5.98. The lowest BCUT2D eigenvalue weighted by molar-refractivity contribution is -0.142. The number of methoxy groups -OCH3 is 1. The molecule has 1 aromatic carbocycles. The number of benzene rings is 1. The van der Waals surface area contributed by atoms with E-state index >= 15 is 0 Å². The number of amides is 1. The predicted octanol–water partition coefficient (Wildman–Crippen LogP) is 0.319. The minimum absolute atomic E-state index is 0.0481. The van der Waals surface area contributed by atoms with Gasteiger partial charge in [0.1, 0.15) is 12.4 Å². The maximum atomic E-state index is 11.9. The third-order valence-electron chi connectivity index (χ3n) is 2.70. The number of carbonyl (C=O) groups is 2. The van der Waals surface area contributed by atoms with Crippen LogP contribution in [-0.2, 0) is 16.0 Å². The van der Waals surface area contributed by atoms with Gasteiger partial charge in [0.15, 0.2) is 0 Å². The SMILES string of the molecule is COC(=O)C(Cc1ccccc1)NC(=O)c1ncn[nH]1. The molecule has 0 saturated carbocycles. The van der Waals surface area contributed by atoms with E-state index in [2.05, 4.69) is 20.5 Å². The molecule has 1 heterocycles. The van der Waals surface area contributed by atoms with Crippen LogP contribution in [0.15, 0.2) is 36.7 Å². The number of esters is 1. The topological polar surface area (TPSA) is 97.0 Å². The van der Waals surface area contributed by atoms with Gasteiger partial charge in [-0.25, -0.2) is 9.78 Å². The summed E-state index contributed by atoms with van der Waals surface area (Å²) in [5, 5.41) is 8.60. The van der Waals surface area contributed by atoms with Crippen LogP contribution in [0.2, 0.25) is 0 Å². The van der Waals surface area contributed by atoms with Gasteiger partial charge in [0.05, 0.1) is 7.11 Å². The summed E-state index contributed by atoms with van der Waals surface area (Å²) < 4.78 is 4.70. The maximum absolute atomic E-state index is 11.9. The molecular weight excluding hydrogens is 260 g/mol. The van der Waals surface area contributed by atoms with Crippen LogP contribution in [0.5, 0.6) is 0 Å². The van der Waals surface area contributed by atoms with Crippen LogP contribution < -0.4 is 5.32 Å². The Morgan fingerprint density at radius 1 is 1.35 bits per heavy atom. The predicted molar refractivity (Wildman–Crippen MR) is 69.8 cm³/mol. The standard InChI is InChI=1S/C13H14N4O3/c1-20-13(19)10(7-9-5-3-2-4-6-9)16-12(18)11-14-8-15-17-11/h2-6,8,10H,7H2,1H3,(H,16,18)(H,14,15,17). The molecule has 1 atom stereocenters. The summed E-state index contributed by atoms with van der Waals surface area (Å²) in [6.45, 7) is 0. The van der Waals surface area contributed by atoms with E-state index in [1.807, 2.05) is 30.3 Å². The lowest BCUT2D eigenvalue weighted by Crippen LogP contribution is -2.43. The lowest BCUT2D eigenvalue weighted by atomic mass is 10.1. The Balaban J connectivity index is 2.08. The van der Waals surface area contributed by atoms with Crippen molar-refractivity contribution in [3.8, 4) is 0 Å². The highest BCUT2D eigenvalue weighted by Crippen LogP contribution is 2.05. The quantitative estimate of drug-likeness (QED) is 0.765. The van der Waals surface area contributed by atoms with Crippen molar-refractivity contribution in [3.05, 3.63) is 48.0 Å². The van der Waals surface area contributed by atoms with Crippen LogP contribution in [0.3, 0.4) is 0 Å². The molecule has 2 aromatic rings. The summed E-state index contributed by atoms with van der Waals surface area (Å²) in [6.07, 6.45) is 1.56. The first-order chi connectivity index (χ1) is 9.70. The van der Waals surface area contributed by atoms with E-state index in [0.717, 1.165) is 5.56 Å². The highest BCUT2D eigenvalue weighted by molar-refractivity contribution is 5.93.